The van der Waals surface area contributed by atoms with Crippen molar-refractivity contribution in [3.8, 4) is 5.75 Å². The van der Waals surface area contributed by atoms with E-state index in [1.54, 1.807) is 7.11 Å². The third-order valence-corrected chi connectivity index (χ3v) is 5.63. The summed E-state index contributed by atoms with van der Waals surface area (Å²) in [6, 6.07) is 8.04. The Morgan fingerprint density at radius 2 is 1.84 bits per heavy atom. The Hall–Kier alpha value is -2.04. The van der Waals surface area contributed by atoms with Crippen LogP contribution in [-0.4, -0.2) is 43.0 Å². The number of likely N-dealkylation sites (tertiary alicyclic amines) is 1. The summed E-state index contributed by atoms with van der Waals surface area (Å²) in [4.78, 5) is 26.8. The molecule has 0 spiro atoms. The second-order valence-corrected chi connectivity index (χ2v) is 7.31. The first-order valence-electron chi connectivity index (χ1n) is 9.26. The van der Waals surface area contributed by atoms with Gasteiger partial charge in [-0.05, 0) is 43.4 Å². The number of carbonyl (C=O) groups is 2. The Kier molecular flexibility index (Phi) is 5.30. The zero-order chi connectivity index (χ0) is 17.9. The number of amides is 2. The maximum atomic E-state index is 13.5. The first-order valence-corrected chi connectivity index (χ1v) is 9.26. The predicted molar refractivity (Wildman–Crippen MR) is 96.6 cm³/mol. The number of hydrogen-bond acceptors (Lipinski definition) is 3. The highest BCUT2D eigenvalue weighted by Gasteiger charge is 2.45. The number of nitrogens with zero attached hydrogens (tertiary/aromatic N) is 1. The molecule has 1 aromatic carbocycles. The van der Waals surface area contributed by atoms with Crippen molar-refractivity contribution in [1.29, 1.82) is 0 Å². The average Bonchev–Trinajstić information content (AvgIpc) is 3.12. The molecule has 1 atom stereocenters. The van der Waals surface area contributed by atoms with Crippen LogP contribution in [0.15, 0.2) is 24.3 Å². The summed E-state index contributed by atoms with van der Waals surface area (Å²) in [5.74, 6) is 1.02. The molecule has 2 amide bonds. The molecule has 1 heterocycles. The molecule has 2 fully saturated rings. The van der Waals surface area contributed by atoms with E-state index in [1.165, 1.54) is 6.92 Å². The van der Waals surface area contributed by atoms with Crippen LogP contribution >= 0.6 is 0 Å². The third kappa shape index (κ3) is 3.65. The zero-order valence-electron chi connectivity index (χ0n) is 15.2. The first kappa shape index (κ1) is 17.8. The predicted octanol–water partition coefficient (Wildman–Crippen LogP) is 2.63. The van der Waals surface area contributed by atoms with Crippen molar-refractivity contribution in [2.24, 2.45) is 0 Å². The Bertz CT molecular complexity index is 620. The summed E-state index contributed by atoms with van der Waals surface area (Å²) in [6.45, 7) is 2.94. The first-order chi connectivity index (χ1) is 12.0. The van der Waals surface area contributed by atoms with Crippen molar-refractivity contribution < 1.29 is 14.3 Å². The van der Waals surface area contributed by atoms with Gasteiger partial charge in [0, 0.05) is 26.1 Å². The smallest absolute Gasteiger partial charge is 0.233 e. The third-order valence-electron chi connectivity index (χ3n) is 5.63. The molecule has 5 nitrogen and oxygen atoms in total. The maximum Gasteiger partial charge on any atom is 0.233 e. The van der Waals surface area contributed by atoms with Gasteiger partial charge in [-0.3, -0.25) is 9.59 Å². The van der Waals surface area contributed by atoms with Gasteiger partial charge in [0.15, 0.2) is 0 Å². The molecular weight excluding hydrogens is 316 g/mol. The van der Waals surface area contributed by atoms with Crippen LogP contribution in [0.25, 0.3) is 0 Å². The molecule has 1 saturated heterocycles. The van der Waals surface area contributed by atoms with Crippen LogP contribution in [-0.2, 0) is 15.0 Å². The van der Waals surface area contributed by atoms with Crippen LogP contribution in [0.3, 0.4) is 0 Å². The lowest BCUT2D eigenvalue weighted by Gasteiger charge is -2.39. The Morgan fingerprint density at radius 1 is 1.16 bits per heavy atom. The molecule has 0 aromatic heterocycles. The van der Waals surface area contributed by atoms with Gasteiger partial charge in [0.2, 0.25) is 11.8 Å². The van der Waals surface area contributed by atoms with E-state index in [-0.39, 0.29) is 17.9 Å². The average molecular weight is 344 g/mol. The number of methoxy groups -OCH3 is 1. The normalized spacial score (nSPS) is 22.5. The molecule has 1 N–H and O–H groups in total. The van der Waals surface area contributed by atoms with Gasteiger partial charge in [-0.1, -0.05) is 25.0 Å². The maximum absolute atomic E-state index is 13.5. The van der Waals surface area contributed by atoms with Crippen LogP contribution < -0.4 is 10.1 Å². The largest absolute Gasteiger partial charge is 0.497 e. The molecule has 1 unspecified atom stereocenters. The number of piperidine rings is 1. The summed E-state index contributed by atoms with van der Waals surface area (Å²) in [6.07, 6.45) is 5.86. The van der Waals surface area contributed by atoms with Crippen LogP contribution in [0, 0.1) is 0 Å². The molecule has 1 saturated carbocycles. The fourth-order valence-electron chi connectivity index (χ4n) is 4.38. The van der Waals surface area contributed by atoms with Gasteiger partial charge >= 0.3 is 0 Å². The second-order valence-electron chi connectivity index (χ2n) is 7.31. The molecule has 0 bridgehead atoms. The van der Waals surface area contributed by atoms with Gasteiger partial charge in [0.25, 0.3) is 0 Å². The number of hydrogen-bond donors (Lipinski definition) is 1. The van der Waals surface area contributed by atoms with Crippen molar-refractivity contribution >= 4 is 11.8 Å². The van der Waals surface area contributed by atoms with Gasteiger partial charge in [0.1, 0.15) is 5.75 Å². The van der Waals surface area contributed by atoms with Crippen molar-refractivity contribution in [3.05, 3.63) is 29.8 Å². The number of benzene rings is 1. The molecule has 25 heavy (non-hydrogen) atoms. The minimum absolute atomic E-state index is 0.0231. The van der Waals surface area contributed by atoms with E-state index in [9.17, 15) is 9.59 Å². The monoisotopic (exact) mass is 344 g/mol. The van der Waals surface area contributed by atoms with E-state index in [0.29, 0.717) is 6.54 Å². The van der Waals surface area contributed by atoms with Crippen LogP contribution in [0.1, 0.15) is 51.0 Å². The summed E-state index contributed by atoms with van der Waals surface area (Å²) in [5.41, 5.74) is 0.683. The van der Waals surface area contributed by atoms with Gasteiger partial charge in [-0.15, -0.1) is 0 Å². The minimum Gasteiger partial charge on any atom is -0.497 e. The van der Waals surface area contributed by atoms with Gasteiger partial charge in [-0.2, -0.15) is 0 Å². The van der Waals surface area contributed by atoms with Crippen molar-refractivity contribution in [1.82, 2.24) is 10.2 Å². The summed E-state index contributed by atoms with van der Waals surface area (Å²) < 4.78 is 5.26. The fourth-order valence-corrected chi connectivity index (χ4v) is 4.38. The molecule has 1 aliphatic heterocycles. The molecular formula is C20H28N2O3. The molecule has 5 heteroatoms. The minimum atomic E-state index is -0.412. The Labute approximate surface area is 149 Å². The number of nitrogens with one attached hydrogen (secondary N) is 1. The summed E-state index contributed by atoms with van der Waals surface area (Å²) in [5, 5.41) is 2.98. The van der Waals surface area contributed by atoms with Crippen molar-refractivity contribution in [2.75, 3.05) is 20.2 Å². The summed E-state index contributed by atoms with van der Waals surface area (Å²) in [7, 11) is 1.65. The number of carbonyl (C=O) groups excluding carboxylic acids is 2. The molecule has 136 valence electrons. The van der Waals surface area contributed by atoms with Crippen LogP contribution in [0.5, 0.6) is 5.75 Å². The number of ether oxygens (including phenoxy) is 1. The standard InChI is InChI=1S/C20H28N2O3/c1-15(23)21-17-6-5-13-22(14-17)19(24)20(11-3-4-12-20)16-7-9-18(25-2)10-8-16/h7-10,17H,3-6,11-14H2,1-2H3,(H,21,23). The van der Waals surface area contributed by atoms with E-state index < -0.39 is 5.41 Å². The fraction of sp³-hybridized carbons (Fsp3) is 0.600. The van der Waals surface area contributed by atoms with E-state index in [1.807, 2.05) is 29.2 Å². The van der Waals surface area contributed by atoms with E-state index >= 15 is 0 Å². The number of rotatable bonds is 4. The zero-order valence-corrected chi connectivity index (χ0v) is 15.2. The lowest BCUT2D eigenvalue weighted by molar-refractivity contribution is -0.139. The molecule has 1 aliphatic carbocycles. The van der Waals surface area contributed by atoms with Gasteiger partial charge in [-0.25, -0.2) is 0 Å². The highest BCUT2D eigenvalue weighted by atomic mass is 16.5. The molecule has 1 aromatic rings. The van der Waals surface area contributed by atoms with E-state index in [2.05, 4.69) is 5.32 Å². The lowest BCUT2D eigenvalue weighted by atomic mass is 9.77. The van der Waals surface area contributed by atoms with E-state index in [4.69, 9.17) is 4.74 Å². The quantitative estimate of drug-likeness (QED) is 0.913. The van der Waals surface area contributed by atoms with Crippen LogP contribution in [0.2, 0.25) is 0 Å². The molecule has 0 radical (unpaired) electrons. The SMILES string of the molecule is COc1ccc(C2(C(=O)N3CCCC(NC(C)=O)C3)CCCC2)cc1. The Balaban J connectivity index is 1.81. The summed E-state index contributed by atoms with van der Waals surface area (Å²) >= 11 is 0. The van der Waals surface area contributed by atoms with Gasteiger partial charge < -0.3 is 15.0 Å². The van der Waals surface area contributed by atoms with E-state index in [0.717, 1.165) is 56.4 Å². The molecule has 2 aliphatic rings. The van der Waals surface area contributed by atoms with Gasteiger partial charge in [0.05, 0.1) is 12.5 Å². The Morgan fingerprint density at radius 3 is 2.44 bits per heavy atom. The van der Waals surface area contributed by atoms with Crippen molar-refractivity contribution in [2.45, 2.75) is 56.9 Å². The molecule has 3 rings (SSSR count). The lowest BCUT2D eigenvalue weighted by Crippen LogP contribution is -2.54. The van der Waals surface area contributed by atoms with Crippen LogP contribution in [0.4, 0.5) is 0 Å². The highest BCUT2D eigenvalue weighted by molar-refractivity contribution is 5.89. The topological polar surface area (TPSA) is 58.6 Å². The second kappa shape index (κ2) is 7.46. The van der Waals surface area contributed by atoms with Crippen molar-refractivity contribution in [3.63, 3.8) is 0 Å². The highest BCUT2D eigenvalue weighted by Crippen LogP contribution is 2.43.